The van der Waals surface area contributed by atoms with Gasteiger partial charge in [0.15, 0.2) is 0 Å². The van der Waals surface area contributed by atoms with Crippen molar-refractivity contribution in [2.75, 3.05) is 0 Å². The molecule has 2 unspecified atom stereocenters. The smallest absolute Gasteiger partial charge is 0.335 e. The second-order valence-electron chi connectivity index (χ2n) is 6.48. The number of ether oxygens (including phenoxy) is 1. The molecular formula is C16H22O3. The zero-order valence-corrected chi connectivity index (χ0v) is 11.8. The molecule has 3 nitrogen and oxygen atoms in total. The van der Waals surface area contributed by atoms with Crippen molar-refractivity contribution in [2.24, 2.45) is 11.3 Å². The highest BCUT2D eigenvalue weighted by molar-refractivity contribution is 5.87. The van der Waals surface area contributed by atoms with Crippen LogP contribution < -0.4 is 4.74 Å². The predicted molar refractivity (Wildman–Crippen MR) is 74.6 cm³/mol. The first-order chi connectivity index (χ1) is 8.85. The normalized spacial score (nSPS) is 25.8. The zero-order valence-electron chi connectivity index (χ0n) is 11.8. The van der Waals surface area contributed by atoms with E-state index in [-0.39, 0.29) is 6.10 Å². The van der Waals surface area contributed by atoms with E-state index in [0.717, 1.165) is 18.6 Å². The lowest BCUT2D eigenvalue weighted by Crippen LogP contribution is -2.34. The Hall–Kier alpha value is -1.51. The molecule has 0 amide bonds. The number of carboxylic acids is 1. The maximum Gasteiger partial charge on any atom is 0.335 e. The summed E-state index contributed by atoms with van der Waals surface area (Å²) in [6, 6.07) is 6.68. The monoisotopic (exact) mass is 262 g/mol. The van der Waals surface area contributed by atoms with Crippen LogP contribution in [0.4, 0.5) is 0 Å². The van der Waals surface area contributed by atoms with Crippen molar-refractivity contribution in [3.05, 3.63) is 29.8 Å². The largest absolute Gasteiger partial charge is 0.490 e. The van der Waals surface area contributed by atoms with Crippen molar-refractivity contribution in [3.8, 4) is 5.75 Å². The zero-order chi connectivity index (χ0) is 14.0. The van der Waals surface area contributed by atoms with Crippen LogP contribution in [0.1, 0.15) is 50.4 Å². The van der Waals surface area contributed by atoms with Crippen LogP contribution in [0.3, 0.4) is 0 Å². The van der Waals surface area contributed by atoms with Crippen LogP contribution in [0, 0.1) is 11.3 Å². The second kappa shape index (κ2) is 5.24. The topological polar surface area (TPSA) is 46.5 Å². The quantitative estimate of drug-likeness (QED) is 0.896. The summed E-state index contributed by atoms with van der Waals surface area (Å²) < 4.78 is 6.00. The number of carbonyl (C=O) groups is 1. The van der Waals surface area contributed by atoms with E-state index in [1.165, 1.54) is 6.42 Å². The van der Waals surface area contributed by atoms with Crippen molar-refractivity contribution in [3.63, 3.8) is 0 Å². The highest BCUT2D eigenvalue weighted by Crippen LogP contribution is 2.39. The van der Waals surface area contributed by atoms with Crippen molar-refractivity contribution < 1.29 is 14.6 Å². The first-order valence-electron chi connectivity index (χ1n) is 6.86. The average Bonchev–Trinajstić information content (AvgIpc) is 2.26. The molecule has 1 saturated carbocycles. The minimum atomic E-state index is -0.904. The molecule has 0 heterocycles. The number of benzene rings is 1. The highest BCUT2D eigenvalue weighted by atomic mass is 16.5. The molecule has 1 aromatic carbocycles. The van der Waals surface area contributed by atoms with Gasteiger partial charge in [0.05, 0.1) is 11.7 Å². The fraction of sp³-hybridized carbons (Fsp3) is 0.562. The van der Waals surface area contributed by atoms with Gasteiger partial charge >= 0.3 is 5.97 Å². The average molecular weight is 262 g/mol. The van der Waals surface area contributed by atoms with Gasteiger partial charge in [0, 0.05) is 0 Å². The SMILES string of the molecule is CC1CC(Oc2ccc(C(=O)O)cc2)CC(C)(C)C1. The summed E-state index contributed by atoms with van der Waals surface area (Å²) >= 11 is 0. The fourth-order valence-corrected chi connectivity index (χ4v) is 3.22. The van der Waals surface area contributed by atoms with Gasteiger partial charge in [0.1, 0.15) is 5.75 Å². The van der Waals surface area contributed by atoms with Gasteiger partial charge in [-0.25, -0.2) is 4.79 Å². The van der Waals surface area contributed by atoms with E-state index in [4.69, 9.17) is 9.84 Å². The lowest BCUT2D eigenvalue weighted by Gasteiger charge is -2.38. The molecule has 2 atom stereocenters. The lowest BCUT2D eigenvalue weighted by molar-refractivity contribution is 0.0562. The van der Waals surface area contributed by atoms with Crippen LogP contribution in [0.15, 0.2) is 24.3 Å². The number of carboxylic acid groups (broad SMARTS) is 1. The summed E-state index contributed by atoms with van der Waals surface area (Å²) in [5, 5.41) is 8.86. The van der Waals surface area contributed by atoms with E-state index in [9.17, 15) is 4.79 Å². The molecule has 0 spiro atoms. The first-order valence-corrected chi connectivity index (χ1v) is 6.86. The van der Waals surface area contributed by atoms with E-state index in [1.54, 1.807) is 24.3 Å². The third-order valence-electron chi connectivity index (χ3n) is 3.75. The molecule has 19 heavy (non-hydrogen) atoms. The molecule has 1 aliphatic rings. The Morgan fingerprint density at radius 3 is 2.42 bits per heavy atom. The molecule has 1 N–H and O–H groups in total. The summed E-state index contributed by atoms with van der Waals surface area (Å²) in [4.78, 5) is 10.8. The predicted octanol–water partition coefficient (Wildman–Crippen LogP) is 3.98. The van der Waals surface area contributed by atoms with E-state index in [2.05, 4.69) is 20.8 Å². The Labute approximate surface area is 114 Å². The molecule has 2 rings (SSSR count). The number of hydrogen-bond acceptors (Lipinski definition) is 2. The molecule has 3 heteroatoms. The maximum absolute atomic E-state index is 10.8. The third-order valence-corrected chi connectivity index (χ3v) is 3.75. The Balaban J connectivity index is 2.02. The van der Waals surface area contributed by atoms with E-state index < -0.39 is 5.97 Å². The Bertz CT molecular complexity index is 448. The second-order valence-corrected chi connectivity index (χ2v) is 6.48. The molecule has 0 saturated heterocycles. The highest BCUT2D eigenvalue weighted by Gasteiger charge is 2.33. The Morgan fingerprint density at radius 1 is 1.26 bits per heavy atom. The Kier molecular flexibility index (Phi) is 3.83. The molecule has 104 valence electrons. The van der Waals surface area contributed by atoms with Crippen molar-refractivity contribution in [2.45, 2.75) is 46.1 Å². The van der Waals surface area contributed by atoms with E-state index in [1.807, 2.05) is 0 Å². The van der Waals surface area contributed by atoms with Gasteiger partial charge < -0.3 is 9.84 Å². The molecule has 1 aliphatic carbocycles. The van der Waals surface area contributed by atoms with Gasteiger partial charge in [-0.2, -0.15) is 0 Å². The van der Waals surface area contributed by atoms with Gasteiger partial charge in [0.2, 0.25) is 0 Å². The lowest BCUT2D eigenvalue weighted by atomic mass is 9.71. The minimum absolute atomic E-state index is 0.231. The molecular weight excluding hydrogens is 240 g/mol. The maximum atomic E-state index is 10.8. The van der Waals surface area contributed by atoms with Gasteiger partial charge in [-0.15, -0.1) is 0 Å². The van der Waals surface area contributed by atoms with Gasteiger partial charge in [0.25, 0.3) is 0 Å². The van der Waals surface area contributed by atoms with Gasteiger partial charge in [-0.1, -0.05) is 20.8 Å². The van der Waals surface area contributed by atoms with E-state index >= 15 is 0 Å². The van der Waals surface area contributed by atoms with Crippen LogP contribution in [-0.2, 0) is 0 Å². The third kappa shape index (κ3) is 3.72. The number of hydrogen-bond donors (Lipinski definition) is 1. The summed E-state index contributed by atoms with van der Waals surface area (Å²) in [7, 11) is 0. The summed E-state index contributed by atoms with van der Waals surface area (Å²) in [6.07, 6.45) is 3.60. The minimum Gasteiger partial charge on any atom is -0.490 e. The molecule has 0 bridgehead atoms. The molecule has 1 aromatic rings. The molecule has 0 radical (unpaired) electrons. The van der Waals surface area contributed by atoms with Gasteiger partial charge in [-0.05, 0) is 54.9 Å². The van der Waals surface area contributed by atoms with Crippen molar-refractivity contribution in [1.82, 2.24) is 0 Å². The standard InChI is InChI=1S/C16H22O3/c1-11-8-14(10-16(2,3)9-11)19-13-6-4-12(5-7-13)15(17)18/h4-7,11,14H,8-10H2,1-3H3,(H,17,18). The molecule has 0 aliphatic heterocycles. The van der Waals surface area contributed by atoms with Crippen LogP contribution in [0.5, 0.6) is 5.75 Å². The van der Waals surface area contributed by atoms with Crippen LogP contribution in [-0.4, -0.2) is 17.2 Å². The fourth-order valence-electron chi connectivity index (χ4n) is 3.22. The van der Waals surface area contributed by atoms with Crippen molar-refractivity contribution in [1.29, 1.82) is 0 Å². The van der Waals surface area contributed by atoms with Gasteiger partial charge in [-0.3, -0.25) is 0 Å². The van der Waals surface area contributed by atoms with Crippen molar-refractivity contribution >= 4 is 5.97 Å². The van der Waals surface area contributed by atoms with Crippen LogP contribution in [0.25, 0.3) is 0 Å². The summed E-state index contributed by atoms with van der Waals surface area (Å²) in [5.74, 6) is 0.533. The number of rotatable bonds is 3. The number of aromatic carboxylic acids is 1. The van der Waals surface area contributed by atoms with E-state index in [0.29, 0.717) is 16.9 Å². The molecule has 1 fully saturated rings. The van der Waals surface area contributed by atoms with Crippen LogP contribution in [0.2, 0.25) is 0 Å². The Morgan fingerprint density at radius 2 is 1.89 bits per heavy atom. The summed E-state index contributed by atoms with van der Waals surface area (Å²) in [6.45, 7) is 6.84. The first kappa shape index (κ1) is 13.9. The molecule has 0 aromatic heterocycles. The van der Waals surface area contributed by atoms with Crippen LogP contribution >= 0.6 is 0 Å². The summed E-state index contributed by atoms with van der Waals surface area (Å²) in [5.41, 5.74) is 0.619.